The van der Waals surface area contributed by atoms with Crippen LogP contribution in [0.15, 0.2) is 12.3 Å². The Balaban J connectivity index is 2.06. The quantitative estimate of drug-likeness (QED) is 0.834. The van der Waals surface area contributed by atoms with Crippen molar-refractivity contribution in [2.24, 2.45) is 30.5 Å². The number of nitrogens with two attached hydrogens (primary N) is 1. The Morgan fingerprint density at radius 1 is 1.38 bits per heavy atom. The first-order valence-electron chi connectivity index (χ1n) is 6.33. The van der Waals surface area contributed by atoms with E-state index in [-0.39, 0.29) is 6.04 Å². The Hall–Kier alpha value is -0.830. The van der Waals surface area contributed by atoms with Crippen molar-refractivity contribution in [3.8, 4) is 0 Å². The summed E-state index contributed by atoms with van der Waals surface area (Å²) in [5.41, 5.74) is 7.53. The van der Waals surface area contributed by atoms with Crippen LogP contribution in [0, 0.1) is 17.8 Å². The van der Waals surface area contributed by atoms with E-state index in [0.29, 0.717) is 5.92 Å². The Labute approximate surface area is 98.0 Å². The van der Waals surface area contributed by atoms with E-state index in [1.807, 2.05) is 24.0 Å². The SMILES string of the molecule is CC1CCC(C(N)c2ccnn2C)CC1C. The number of hydrogen-bond donors (Lipinski definition) is 1. The second-order valence-corrected chi connectivity index (χ2v) is 5.43. The molecular formula is C13H23N3. The molecule has 0 amide bonds. The molecule has 1 aliphatic rings. The minimum absolute atomic E-state index is 0.155. The van der Waals surface area contributed by atoms with Gasteiger partial charge in [0.1, 0.15) is 0 Å². The van der Waals surface area contributed by atoms with Crippen molar-refractivity contribution in [3.63, 3.8) is 0 Å². The van der Waals surface area contributed by atoms with Crippen LogP contribution in [-0.4, -0.2) is 9.78 Å². The zero-order valence-electron chi connectivity index (χ0n) is 10.6. The van der Waals surface area contributed by atoms with E-state index in [9.17, 15) is 0 Å². The molecule has 0 saturated heterocycles. The van der Waals surface area contributed by atoms with Crippen LogP contribution in [0.1, 0.15) is 44.8 Å². The molecule has 0 spiro atoms. The first kappa shape index (κ1) is 11.6. The minimum Gasteiger partial charge on any atom is -0.322 e. The van der Waals surface area contributed by atoms with Crippen LogP contribution in [0.4, 0.5) is 0 Å². The molecule has 1 heterocycles. The Kier molecular flexibility index (Phi) is 3.33. The third-order valence-corrected chi connectivity index (χ3v) is 4.35. The molecule has 1 saturated carbocycles. The molecule has 0 aromatic carbocycles. The van der Waals surface area contributed by atoms with Crippen LogP contribution in [0.5, 0.6) is 0 Å². The summed E-state index contributed by atoms with van der Waals surface area (Å²) in [5.74, 6) is 2.29. The molecule has 0 aliphatic heterocycles. The summed E-state index contributed by atoms with van der Waals surface area (Å²) >= 11 is 0. The summed E-state index contributed by atoms with van der Waals surface area (Å²) in [7, 11) is 1.98. The number of nitrogens with zero attached hydrogens (tertiary/aromatic N) is 2. The van der Waals surface area contributed by atoms with E-state index in [2.05, 4.69) is 18.9 Å². The highest BCUT2D eigenvalue weighted by Gasteiger charge is 2.30. The molecule has 1 fully saturated rings. The number of aryl methyl sites for hydroxylation is 1. The molecule has 1 aliphatic carbocycles. The van der Waals surface area contributed by atoms with Crippen LogP contribution < -0.4 is 5.73 Å². The average Bonchev–Trinajstić information content (AvgIpc) is 2.67. The van der Waals surface area contributed by atoms with Crippen LogP contribution in [-0.2, 0) is 7.05 Å². The van der Waals surface area contributed by atoms with E-state index in [1.165, 1.54) is 25.0 Å². The molecule has 0 bridgehead atoms. The van der Waals surface area contributed by atoms with Gasteiger partial charge in [0, 0.05) is 19.3 Å². The normalized spacial score (nSPS) is 32.6. The third kappa shape index (κ3) is 2.14. The van der Waals surface area contributed by atoms with Crippen LogP contribution in [0.3, 0.4) is 0 Å². The van der Waals surface area contributed by atoms with E-state index in [0.717, 1.165) is 11.8 Å². The first-order valence-corrected chi connectivity index (χ1v) is 6.33. The fourth-order valence-electron chi connectivity index (χ4n) is 2.87. The lowest BCUT2D eigenvalue weighted by Gasteiger charge is -2.35. The predicted molar refractivity (Wildman–Crippen MR) is 65.8 cm³/mol. The summed E-state index contributed by atoms with van der Waals surface area (Å²) in [6, 6.07) is 2.20. The first-order chi connectivity index (χ1) is 7.59. The number of rotatable bonds is 2. The molecule has 90 valence electrons. The highest BCUT2D eigenvalue weighted by molar-refractivity contribution is 5.07. The van der Waals surface area contributed by atoms with Crippen molar-refractivity contribution in [2.45, 2.75) is 39.2 Å². The summed E-state index contributed by atoms with van der Waals surface area (Å²) in [5, 5.41) is 4.20. The molecule has 1 aromatic rings. The summed E-state index contributed by atoms with van der Waals surface area (Å²) in [6.45, 7) is 4.71. The van der Waals surface area contributed by atoms with Crippen molar-refractivity contribution >= 4 is 0 Å². The van der Waals surface area contributed by atoms with Crippen molar-refractivity contribution in [1.82, 2.24) is 9.78 Å². The topological polar surface area (TPSA) is 43.8 Å². The van der Waals surface area contributed by atoms with Crippen molar-refractivity contribution < 1.29 is 0 Å². The molecule has 4 unspecified atom stereocenters. The molecule has 3 heteroatoms. The number of hydrogen-bond acceptors (Lipinski definition) is 2. The Bertz CT molecular complexity index is 345. The standard InChI is InChI=1S/C13H23N3/c1-9-4-5-11(8-10(9)2)13(14)12-6-7-15-16(12)3/h6-7,9-11,13H,4-5,8,14H2,1-3H3. The summed E-state index contributed by atoms with van der Waals surface area (Å²) < 4.78 is 1.91. The molecule has 16 heavy (non-hydrogen) atoms. The van der Waals surface area contributed by atoms with Crippen molar-refractivity contribution in [3.05, 3.63) is 18.0 Å². The van der Waals surface area contributed by atoms with Gasteiger partial charge in [0.25, 0.3) is 0 Å². The van der Waals surface area contributed by atoms with Crippen molar-refractivity contribution in [1.29, 1.82) is 0 Å². The molecule has 0 radical (unpaired) electrons. The Morgan fingerprint density at radius 2 is 2.12 bits per heavy atom. The van der Waals surface area contributed by atoms with Crippen LogP contribution in [0.25, 0.3) is 0 Å². The molecule has 2 N–H and O–H groups in total. The lowest BCUT2D eigenvalue weighted by atomic mass is 9.73. The van der Waals surface area contributed by atoms with E-state index in [4.69, 9.17) is 5.73 Å². The maximum atomic E-state index is 6.36. The van der Waals surface area contributed by atoms with Gasteiger partial charge in [0.15, 0.2) is 0 Å². The highest BCUT2D eigenvalue weighted by Crippen LogP contribution is 2.38. The second-order valence-electron chi connectivity index (χ2n) is 5.43. The van der Waals surface area contributed by atoms with Gasteiger partial charge >= 0.3 is 0 Å². The van der Waals surface area contributed by atoms with Crippen molar-refractivity contribution in [2.75, 3.05) is 0 Å². The predicted octanol–water partition coefficient (Wildman–Crippen LogP) is 2.49. The average molecular weight is 221 g/mol. The fraction of sp³-hybridized carbons (Fsp3) is 0.769. The molecular weight excluding hydrogens is 198 g/mol. The highest BCUT2D eigenvalue weighted by atomic mass is 15.3. The summed E-state index contributed by atoms with van der Waals surface area (Å²) in [6.07, 6.45) is 5.67. The van der Waals surface area contributed by atoms with Gasteiger partial charge in [-0.3, -0.25) is 4.68 Å². The monoisotopic (exact) mass is 221 g/mol. The van der Waals surface area contributed by atoms with Gasteiger partial charge in [0.05, 0.1) is 5.69 Å². The van der Waals surface area contributed by atoms with Gasteiger partial charge in [-0.15, -0.1) is 0 Å². The second kappa shape index (κ2) is 4.58. The molecule has 2 rings (SSSR count). The number of aromatic nitrogens is 2. The smallest absolute Gasteiger partial charge is 0.0550 e. The minimum atomic E-state index is 0.155. The van der Waals surface area contributed by atoms with E-state index >= 15 is 0 Å². The molecule has 4 atom stereocenters. The maximum Gasteiger partial charge on any atom is 0.0550 e. The Morgan fingerprint density at radius 3 is 2.69 bits per heavy atom. The molecule has 1 aromatic heterocycles. The van der Waals surface area contributed by atoms with Crippen LogP contribution in [0.2, 0.25) is 0 Å². The van der Waals surface area contributed by atoms with Gasteiger partial charge in [-0.25, -0.2) is 0 Å². The maximum absolute atomic E-state index is 6.36. The van der Waals surface area contributed by atoms with E-state index < -0.39 is 0 Å². The zero-order valence-corrected chi connectivity index (χ0v) is 10.6. The third-order valence-electron chi connectivity index (χ3n) is 4.35. The largest absolute Gasteiger partial charge is 0.322 e. The van der Waals surface area contributed by atoms with Gasteiger partial charge in [0.2, 0.25) is 0 Å². The van der Waals surface area contributed by atoms with Crippen LogP contribution >= 0.6 is 0 Å². The fourth-order valence-corrected chi connectivity index (χ4v) is 2.87. The van der Waals surface area contributed by atoms with Gasteiger partial charge in [-0.1, -0.05) is 20.3 Å². The molecule has 3 nitrogen and oxygen atoms in total. The lowest BCUT2D eigenvalue weighted by Crippen LogP contribution is -2.30. The summed E-state index contributed by atoms with van der Waals surface area (Å²) in [4.78, 5) is 0. The van der Waals surface area contributed by atoms with Gasteiger partial charge in [-0.05, 0) is 36.7 Å². The lowest BCUT2D eigenvalue weighted by molar-refractivity contribution is 0.183. The van der Waals surface area contributed by atoms with E-state index in [1.54, 1.807) is 0 Å². The zero-order chi connectivity index (χ0) is 11.7. The van der Waals surface area contributed by atoms with Gasteiger partial charge < -0.3 is 5.73 Å². The van der Waals surface area contributed by atoms with Gasteiger partial charge in [-0.2, -0.15) is 5.10 Å².